The topological polar surface area (TPSA) is 62.3 Å². The molecule has 5 nitrogen and oxygen atoms in total. The van der Waals surface area contributed by atoms with Crippen LogP contribution >= 0.6 is 17.0 Å². The molecule has 4 rings (SSSR count). The van der Waals surface area contributed by atoms with E-state index in [1.165, 1.54) is 0 Å². The average Bonchev–Trinajstić information content (AvgIpc) is 3.31. The van der Waals surface area contributed by atoms with Crippen LogP contribution in [-0.2, 0) is 14.3 Å². The van der Waals surface area contributed by atoms with Crippen molar-refractivity contribution >= 4 is 23.0 Å². The van der Waals surface area contributed by atoms with E-state index >= 15 is 0 Å². The first-order valence-electron chi connectivity index (χ1n) is 9.20. The maximum absolute atomic E-state index is 12.5. The summed E-state index contributed by atoms with van der Waals surface area (Å²) >= 11 is 0. The summed E-state index contributed by atoms with van der Waals surface area (Å²) in [6.07, 6.45) is 0.452. The predicted octanol–water partition coefficient (Wildman–Crippen LogP) is 1.50. The quantitative estimate of drug-likeness (QED) is 0.627. The van der Waals surface area contributed by atoms with E-state index < -0.39 is 18.9 Å². The summed E-state index contributed by atoms with van der Waals surface area (Å²) in [5.74, 6) is -1.18. The molecule has 3 aliphatic heterocycles. The first-order chi connectivity index (χ1) is 11.9. The number of rotatable bonds is 4. The average molecular weight is 387 g/mol. The number of hydrogen-bond acceptors (Lipinski definition) is 5. The lowest BCUT2D eigenvalue weighted by Gasteiger charge is -2.38. The maximum Gasteiger partial charge on any atom is 0.316 e. The summed E-state index contributed by atoms with van der Waals surface area (Å²) < 4.78 is 34.4. The smallest absolute Gasteiger partial charge is 0.316 e. The SMILES string of the molecule is Br.[2H]C([2H])([2H])N1C2CC(OC(=O)[C@@H](CO)c3ccccc3)CC1C1OC12. The number of aliphatic hydroxyl groups excluding tert-OH is 1. The Balaban J connectivity index is 0.00000196. The van der Waals surface area contributed by atoms with E-state index in [1.807, 2.05) is 18.2 Å². The van der Waals surface area contributed by atoms with Crippen molar-refractivity contribution in [2.24, 2.45) is 0 Å². The van der Waals surface area contributed by atoms with Crippen LogP contribution in [0.5, 0.6) is 0 Å². The molecule has 0 aliphatic carbocycles. The highest BCUT2D eigenvalue weighted by Gasteiger charge is 2.62. The Bertz CT molecular complexity index is 641. The number of carbonyl (C=O) groups is 1. The number of likely N-dealkylation sites (N-methyl/N-ethyl adjacent to an activating group) is 1. The number of halogens is 1. The minimum atomic E-state index is -2.15. The van der Waals surface area contributed by atoms with Crippen LogP contribution in [0.3, 0.4) is 0 Å². The summed E-state index contributed by atoms with van der Waals surface area (Å²) in [7, 11) is 0. The van der Waals surface area contributed by atoms with Gasteiger partial charge in [0.25, 0.3) is 0 Å². The van der Waals surface area contributed by atoms with Gasteiger partial charge in [-0.2, -0.15) is 0 Å². The first kappa shape index (κ1) is 13.4. The Morgan fingerprint density at radius 1 is 1.39 bits per heavy atom. The van der Waals surface area contributed by atoms with Gasteiger partial charge in [0.2, 0.25) is 0 Å². The van der Waals surface area contributed by atoms with Gasteiger partial charge in [-0.15, -0.1) is 17.0 Å². The second-order valence-corrected chi connectivity index (χ2v) is 6.28. The molecule has 1 aromatic rings. The molecule has 1 aromatic carbocycles. The van der Waals surface area contributed by atoms with E-state index in [1.54, 1.807) is 17.0 Å². The summed E-state index contributed by atoms with van der Waals surface area (Å²) in [5, 5.41) is 9.59. The number of esters is 1. The van der Waals surface area contributed by atoms with Gasteiger partial charge in [0.1, 0.15) is 24.2 Å². The molecule has 0 saturated carbocycles. The Morgan fingerprint density at radius 3 is 2.61 bits per heavy atom. The van der Waals surface area contributed by atoms with Crippen molar-refractivity contribution in [1.82, 2.24) is 4.90 Å². The Morgan fingerprint density at radius 2 is 2.04 bits per heavy atom. The monoisotopic (exact) mass is 386 g/mol. The minimum Gasteiger partial charge on any atom is -0.462 e. The molecule has 3 fully saturated rings. The van der Waals surface area contributed by atoms with Crippen molar-refractivity contribution in [1.29, 1.82) is 0 Å². The molecular formula is C17H22BrNO4. The van der Waals surface area contributed by atoms with E-state index in [9.17, 15) is 9.90 Å². The molecule has 5 atom stereocenters. The summed E-state index contributed by atoms with van der Waals surface area (Å²) in [6, 6.07) is 8.56. The lowest BCUT2D eigenvalue weighted by atomic mass is 9.97. The molecule has 0 spiro atoms. The van der Waals surface area contributed by atoms with Crippen LogP contribution in [0, 0.1) is 0 Å². The fourth-order valence-corrected chi connectivity index (χ4v) is 3.79. The van der Waals surface area contributed by atoms with Gasteiger partial charge in [0.15, 0.2) is 0 Å². The van der Waals surface area contributed by atoms with Crippen LogP contribution in [0.15, 0.2) is 30.3 Å². The molecule has 3 heterocycles. The number of fused-ring (bicyclic) bond motifs is 5. The fraction of sp³-hybridized carbons (Fsp3) is 0.588. The zero-order valence-electron chi connectivity index (χ0n) is 15.5. The highest BCUT2D eigenvalue weighted by molar-refractivity contribution is 8.93. The molecule has 3 saturated heterocycles. The Hall–Kier alpha value is -0.950. The normalized spacial score (nSPS) is 38.3. The van der Waals surface area contributed by atoms with Gasteiger partial charge >= 0.3 is 5.97 Å². The van der Waals surface area contributed by atoms with E-state index in [0.29, 0.717) is 18.4 Å². The first-order valence-corrected chi connectivity index (χ1v) is 7.70. The highest BCUT2D eigenvalue weighted by Crippen LogP contribution is 2.48. The third kappa shape index (κ3) is 2.93. The van der Waals surface area contributed by atoms with Crippen molar-refractivity contribution in [3.8, 4) is 0 Å². The Kier molecular flexibility index (Phi) is 3.78. The number of morpholine rings is 1. The number of benzene rings is 1. The molecule has 0 radical (unpaired) electrons. The molecule has 23 heavy (non-hydrogen) atoms. The number of nitrogens with zero attached hydrogens (tertiary/aromatic N) is 1. The van der Waals surface area contributed by atoms with Crippen LogP contribution in [0.4, 0.5) is 0 Å². The van der Waals surface area contributed by atoms with E-state index in [0.717, 1.165) is 0 Å². The van der Waals surface area contributed by atoms with Crippen LogP contribution in [0.1, 0.15) is 28.4 Å². The highest BCUT2D eigenvalue weighted by atomic mass is 79.9. The lowest BCUT2D eigenvalue weighted by molar-refractivity contribution is -0.156. The zero-order valence-corrected chi connectivity index (χ0v) is 14.2. The molecular weight excluding hydrogens is 362 g/mol. The van der Waals surface area contributed by atoms with Gasteiger partial charge in [0.05, 0.1) is 6.61 Å². The van der Waals surface area contributed by atoms with Crippen LogP contribution in [0.2, 0.25) is 0 Å². The zero-order chi connectivity index (χ0) is 17.8. The number of aliphatic hydroxyl groups is 1. The van der Waals surface area contributed by atoms with Gasteiger partial charge in [-0.05, 0) is 12.5 Å². The van der Waals surface area contributed by atoms with Crippen molar-refractivity contribution in [2.45, 2.75) is 49.2 Å². The lowest BCUT2D eigenvalue weighted by Crippen LogP contribution is -2.48. The fourth-order valence-electron chi connectivity index (χ4n) is 3.79. The molecule has 1 N–H and O–H groups in total. The van der Waals surface area contributed by atoms with Gasteiger partial charge < -0.3 is 14.6 Å². The predicted molar refractivity (Wildman–Crippen MR) is 89.7 cm³/mol. The minimum absolute atomic E-state index is 0. The Labute approximate surface area is 150 Å². The summed E-state index contributed by atoms with van der Waals surface area (Å²) in [6.45, 7) is -2.48. The van der Waals surface area contributed by atoms with Crippen LogP contribution in [-0.4, -0.2) is 60.0 Å². The van der Waals surface area contributed by atoms with Gasteiger partial charge in [-0.1, -0.05) is 30.3 Å². The van der Waals surface area contributed by atoms with Crippen molar-refractivity contribution in [3.05, 3.63) is 35.9 Å². The van der Waals surface area contributed by atoms with Crippen LogP contribution in [0.25, 0.3) is 0 Å². The van der Waals surface area contributed by atoms with E-state index in [2.05, 4.69) is 0 Å². The van der Waals surface area contributed by atoms with Crippen LogP contribution < -0.4 is 0 Å². The molecule has 6 heteroatoms. The van der Waals surface area contributed by atoms with Gasteiger partial charge in [0, 0.05) is 29.0 Å². The maximum atomic E-state index is 12.5. The number of carbonyl (C=O) groups excluding carboxylic acids is 1. The number of epoxide rings is 1. The van der Waals surface area contributed by atoms with Crippen molar-refractivity contribution < 1.29 is 23.5 Å². The molecule has 3 aliphatic rings. The molecule has 126 valence electrons. The number of ether oxygens (including phenoxy) is 2. The number of piperidine rings is 1. The molecule has 0 aromatic heterocycles. The third-order valence-electron chi connectivity index (χ3n) is 5.00. The standard InChI is InChI=1S/C17H21NO4.BrH/c1-18-13-7-11(8-14(18)16-15(13)22-16)21-17(20)12(9-19)10-5-3-2-4-6-10;/h2-6,11-16,19H,7-9H2,1H3;1H/t11?,12-,13?,14?,15?,16?;/m0./s1/i1D3;. The van der Waals surface area contributed by atoms with E-state index in [-0.39, 0.29) is 54.0 Å². The third-order valence-corrected chi connectivity index (χ3v) is 5.00. The van der Waals surface area contributed by atoms with Gasteiger partial charge in [-0.25, -0.2) is 0 Å². The second-order valence-electron chi connectivity index (χ2n) is 6.28. The molecule has 0 amide bonds. The molecule has 4 unspecified atom stereocenters. The second kappa shape index (κ2) is 6.51. The summed E-state index contributed by atoms with van der Waals surface area (Å²) in [5.41, 5.74) is 0.712. The van der Waals surface area contributed by atoms with Crippen molar-refractivity contribution in [3.63, 3.8) is 0 Å². The largest absolute Gasteiger partial charge is 0.462 e. The molecule has 2 bridgehead atoms. The summed E-state index contributed by atoms with van der Waals surface area (Å²) in [4.78, 5) is 14.1. The van der Waals surface area contributed by atoms with E-state index in [4.69, 9.17) is 13.6 Å². The number of hydrogen-bond donors (Lipinski definition) is 1. The van der Waals surface area contributed by atoms with Crippen molar-refractivity contribution in [2.75, 3.05) is 13.6 Å². The van der Waals surface area contributed by atoms with Gasteiger partial charge in [-0.3, -0.25) is 9.69 Å².